The number of carbonyl (C=O) groups excluding carboxylic acids is 2. The number of carbonyl (C=O) groups is 2. The second-order valence-electron chi connectivity index (χ2n) is 7.99. The molecule has 1 N–H and O–H groups in total. The number of likely N-dealkylation sites (tertiary alicyclic amines) is 1. The molecule has 1 atom stereocenters. The first-order valence-electron chi connectivity index (χ1n) is 10.6. The van der Waals surface area contributed by atoms with Crippen LogP contribution < -0.4 is 14.2 Å². The minimum absolute atomic E-state index is 0.0437. The third-order valence-electron chi connectivity index (χ3n) is 5.63. The zero-order valence-electron chi connectivity index (χ0n) is 19.6. The van der Waals surface area contributed by atoms with Crippen molar-refractivity contribution in [3.05, 3.63) is 59.2 Å². The quantitative estimate of drug-likeness (QED) is 0.354. The molecule has 1 aliphatic heterocycles. The Bertz CT molecular complexity index is 1050. The van der Waals surface area contributed by atoms with Gasteiger partial charge in [0.05, 0.1) is 32.9 Å². The van der Waals surface area contributed by atoms with Crippen LogP contribution in [0.4, 0.5) is 0 Å². The monoisotopic (exact) mass is 454 g/mol. The van der Waals surface area contributed by atoms with E-state index in [2.05, 4.69) is 0 Å². The molecule has 0 aromatic heterocycles. The zero-order chi connectivity index (χ0) is 24.1. The summed E-state index contributed by atoms with van der Waals surface area (Å²) in [7, 11) is 8.47. The van der Waals surface area contributed by atoms with E-state index in [-0.39, 0.29) is 11.3 Å². The number of amides is 1. The lowest BCUT2D eigenvalue weighted by Crippen LogP contribution is -2.32. The van der Waals surface area contributed by atoms with Crippen LogP contribution in [-0.4, -0.2) is 75.1 Å². The van der Waals surface area contributed by atoms with Crippen LogP contribution in [0.2, 0.25) is 0 Å². The Morgan fingerprint density at radius 1 is 0.970 bits per heavy atom. The third kappa shape index (κ3) is 4.96. The van der Waals surface area contributed by atoms with Crippen molar-refractivity contribution in [3.63, 3.8) is 0 Å². The van der Waals surface area contributed by atoms with Crippen molar-refractivity contribution < 1.29 is 28.9 Å². The van der Waals surface area contributed by atoms with Gasteiger partial charge in [0.2, 0.25) is 0 Å². The molecule has 176 valence electrons. The van der Waals surface area contributed by atoms with Crippen LogP contribution in [0.15, 0.2) is 48.0 Å². The summed E-state index contributed by atoms with van der Waals surface area (Å²) in [5.41, 5.74) is 1.11. The summed E-state index contributed by atoms with van der Waals surface area (Å²) < 4.78 is 15.8. The van der Waals surface area contributed by atoms with Crippen LogP contribution in [0, 0.1) is 0 Å². The maximum Gasteiger partial charge on any atom is 0.295 e. The Hall–Kier alpha value is -3.52. The number of benzene rings is 2. The SMILES string of the molecule is COc1ccc([C@@H]2C(=C(O)c3ccc(OC)c(OC)c3)C(=O)C(=O)N2CCCN(C)C)cc1. The molecule has 0 spiro atoms. The van der Waals surface area contributed by atoms with Crippen molar-refractivity contribution in [1.82, 2.24) is 9.80 Å². The summed E-state index contributed by atoms with van der Waals surface area (Å²) in [6.07, 6.45) is 0.684. The summed E-state index contributed by atoms with van der Waals surface area (Å²) in [5, 5.41) is 11.2. The van der Waals surface area contributed by atoms with Crippen molar-refractivity contribution >= 4 is 17.4 Å². The Kier molecular flexibility index (Phi) is 7.60. The molecule has 0 aliphatic carbocycles. The van der Waals surface area contributed by atoms with Crippen molar-refractivity contribution in [1.29, 1.82) is 0 Å². The van der Waals surface area contributed by atoms with E-state index < -0.39 is 17.7 Å². The number of hydrogen-bond acceptors (Lipinski definition) is 7. The molecule has 1 saturated heterocycles. The molecule has 0 bridgehead atoms. The van der Waals surface area contributed by atoms with Crippen molar-refractivity contribution in [2.24, 2.45) is 0 Å². The molecule has 8 heteroatoms. The van der Waals surface area contributed by atoms with Gasteiger partial charge >= 0.3 is 0 Å². The van der Waals surface area contributed by atoms with E-state index in [0.717, 1.165) is 6.54 Å². The summed E-state index contributed by atoms with van der Waals surface area (Å²) in [5.74, 6) is -0.0503. The van der Waals surface area contributed by atoms with Crippen LogP contribution in [0.5, 0.6) is 17.2 Å². The standard InChI is InChI=1S/C25H30N2O6/c1-26(2)13-6-14-27-22(16-7-10-18(31-3)11-8-16)21(24(29)25(27)30)23(28)17-9-12-19(32-4)20(15-17)33-5/h7-12,15,22,28H,6,13-14H2,1-5H3/t22-/m1/s1. The number of methoxy groups -OCH3 is 3. The molecular weight excluding hydrogens is 424 g/mol. The van der Waals surface area contributed by atoms with Gasteiger partial charge in [0.15, 0.2) is 11.5 Å². The first-order chi connectivity index (χ1) is 15.8. The summed E-state index contributed by atoms with van der Waals surface area (Å²) in [6.45, 7) is 1.14. The number of aliphatic hydroxyl groups excluding tert-OH is 1. The van der Waals surface area contributed by atoms with Crippen LogP contribution in [0.3, 0.4) is 0 Å². The molecule has 1 heterocycles. The molecule has 8 nitrogen and oxygen atoms in total. The first kappa shape index (κ1) is 24.1. The maximum absolute atomic E-state index is 13.1. The number of rotatable bonds is 9. The number of ether oxygens (including phenoxy) is 3. The highest BCUT2D eigenvalue weighted by Crippen LogP contribution is 2.41. The van der Waals surface area contributed by atoms with E-state index in [1.54, 1.807) is 49.6 Å². The Morgan fingerprint density at radius 3 is 2.21 bits per heavy atom. The van der Waals surface area contributed by atoms with Crippen molar-refractivity contribution in [2.75, 3.05) is 48.5 Å². The van der Waals surface area contributed by atoms with Crippen LogP contribution in [-0.2, 0) is 9.59 Å². The van der Waals surface area contributed by atoms with Crippen LogP contribution >= 0.6 is 0 Å². The smallest absolute Gasteiger partial charge is 0.295 e. The number of ketones is 1. The topological polar surface area (TPSA) is 88.5 Å². The van der Waals surface area contributed by atoms with Gasteiger partial charge in [-0.2, -0.15) is 0 Å². The average molecular weight is 455 g/mol. The first-order valence-corrected chi connectivity index (χ1v) is 10.6. The van der Waals surface area contributed by atoms with Gasteiger partial charge in [-0.05, 0) is 63.0 Å². The fourth-order valence-corrected chi connectivity index (χ4v) is 3.94. The summed E-state index contributed by atoms with van der Waals surface area (Å²) >= 11 is 0. The predicted octanol–water partition coefficient (Wildman–Crippen LogP) is 3.09. The highest BCUT2D eigenvalue weighted by molar-refractivity contribution is 6.46. The lowest BCUT2D eigenvalue weighted by atomic mass is 9.95. The second-order valence-corrected chi connectivity index (χ2v) is 7.99. The minimum Gasteiger partial charge on any atom is -0.507 e. The van der Waals surface area contributed by atoms with Gasteiger partial charge in [0, 0.05) is 12.1 Å². The Labute approximate surface area is 194 Å². The molecule has 1 amide bonds. The van der Waals surface area contributed by atoms with E-state index in [0.29, 0.717) is 41.3 Å². The van der Waals surface area contributed by atoms with Gasteiger partial charge < -0.3 is 29.1 Å². The van der Waals surface area contributed by atoms with Crippen molar-refractivity contribution in [2.45, 2.75) is 12.5 Å². The molecule has 0 unspecified atom stereocenters. The van der Waals surface area contributed by atoms with Gasteiger partial charge in [0.1, 0.15) is 11.5 Å². The predicted molar refractivity (Wildman–Crippen MR) is 125 cm³/mol. The third-order valence-corrected chi connectivity index (χ3v) is 5.63. The number of hydrogen-bond donors (Lipinski definition) is 1. The Balaban J connectivity index is 2.11. The van der Waals surface area contributed by atoms with E-state index in [9.17, 15) is 14.7 Å². The number of aliphatic hydroxyl groups is 1. The lowest BCUT2D eigenvalue weighted by Gasteiger charge is -2.26. The molecule has 0 saturated carbocycles. The van der Waals surface area contributed by atoms with Crippen LogP contribution in [0.25, 0.3) is 5.76 Å². The second kappa shape index (κ2) is 10.4. The van der Waals surface area contributed by atoms with Crippen molar-refractivity contribution in [3.8, 4) is 17.2 Å². The molecular formula is C25H30N2O6. The zero-order valence-corrected chi connectivity index (χ0v) is 19.6. The van der Waals surface area contributed by atoms with Crippen LogP contribution in [0.1, 0.15) is 23.6 Å². The number of nitrogens with zero attached hydrogens (tertiary/aromatic N) is 2. The van der Waals surface area contributed by atoms with E-state index in [4.69, 9.17) is 14.2 Å². The highest BCUT2D eigenvalue weighted by Gasteiger charge is 2.45. The Morgan fingerprint density at radius 2 is 1.64 bits per heavy atom. The minimum atomic E-state index is -0.717. The maximum atomic E-state index is 13.1. The van der Waals surface area contributed by atoms with Gasteiger partial charge in [-0.25, -0.2) is 0 Å². The summed E-state index contributed by atoms with van der Waals surface area (Å²) in [4.78, 5) is 29.7. The van der Waals surface area contributed by atoms with Gasteiger partial charge in [-0.3, -0.25) is 9.59 Å². The fraction of sp³-hybridized carbons (Fsp3) is 0.360. The fourth-order valence-electron chi connectivity index (χ4n) is 3.94. The van der Waals surface area contributed by atoms with E-state index >= 15 is 0 Å². The normalized spacial score (nSPS) is 17.5. The molecule has 0 radical (unpaired) electrons. The molecule has 3 rings (SSSR count). The number of Topliss-reactive ketones (excluding diaryl/α,β-unsaturated/α-hetero) is 1. The largest absolute Gasteiger partial charge is 0.507 e. The average Bonchev–Trinajstić information content (AvgIpc) is 3.08. The highest BCUT2D eigenvalue weighted by atomic mass is 16.5. The summed E-state index contributed by atoms with van der Waals surface area (Å²) in [6, 6.07) is 11.3. The van der Waals surface area contributed by atoms with E-state index in [1.807, 2.05) is 19.0 Å². The van der Waals surface area contributed by atoms with Gasteiger partial charge in [-0.1, -0.05) is 12.1 Å². The molecule has 1 fully saturated rings. The lowest BCUT2D eigenvalue weighted by molar-refractivity contribution is -0.139. The molecule has 1 aliphatic rings. The molecule has 2 aromatic rings. The van der Waals surface area contributed by atoms with Gasteiger partial charge in [0.25, 0.3) is 11.7 Å². The molecule has 2 aromatic carbocycles. The van der Waals surface area contributed by atoms with Gasteiger partial charge in [-0.15, -0.1) is 0 Å². The van der Waals surface area contributed by atoms with E-state index in [1.165, 1.54) is 19.1 Å². The molecule has 33 heavy (non-hydrogen) atoms.